The molecule has 1 heterocycles. The SMILES string of the molecule is Oc1ccc(-c2ccc(OCC3CCNCC3)cc2F)cc1. The molecule has 2 N–H and O–H groups in total. The van der Waals surface area contributed by atoms with Crippen molar-refractivity contribution in [3.05, 3.63) is 48.3 Å². The van der Waals surface area contributed by atoms with Crippen molar-refractivity contribution in [1.82, 2.24) is 5.32 Å². The standard InChI is InChI=1S/C18H20FNO2/c19-18-11-16(22-12-13-7-9-20-10-8-13)5-6-17(18)14-1-3-15(21)4-2-14/h1-6,11,13,20-21H,7-10,12H2. The maximum absolute atomic E-state index is 14.2. The number of ether oxygens (including phenoxy) is 1. The Balaban J connectivity index is 1.67. The van der Waals surface area contributed by atoms with Gasteiger partial charge in [-0.25, -0.2) is 4.39 Å². The second-order valence-electron chi connectivity index (χ2n) is 5.69. The summed E-state index contributed by atoms with van der Waals surface area (Å²) in [5, 5.41) is 12.6. The van der Waals surface area contributed by atoms with Gasteiger partial charge < -0.3 is 15.2 Å². The predicted molar refractivity (Wildman–Crippen MR) is 84.6 cm³/mol. The van der Waals surface area contributed by atoms with Crippen molar-refractivity contribution in [2.75, 3.05) is 19.7 Å². The van der Waals surface area contributed by atoms with Crippen LogP contribution in [0.15, 0.2) is 42.5 Å². The van der Waals surface area contributed by atoms with Crippen molar-refractivity contribution in [2.45, 2.75) is 12.8 Å². The number of hydrogen-bond acceptors (Lipinski definition) is 3. The van der Waals surface area contributed by atoms with Crippen LogP contribution >= 0.6 is 0 Å². The Morgan fingerprint density at radius 1 is 1.09 bits per heavy atom. The Morgan fingerprint density at radius 2 is 1.82 bits per heavy atom. The lowest BCUT2D eigenvalue weighted by atomic mass is 9.99. The summed E-state index contributed by atoms with van der Waals surface area (Å²) in [5.74, 6) is 0.972. The fraction of sp³-hybridized carbons (Fsp3) is 0.333. The van der Waals surface area contributed by atoms with Crippen LogP contribution in [-0.4, -0.2) is 24.8 Å². The van der Waals surface area contributed by atoms with Gasteiger partial charge in [0.15, 0.2) is 0 Å². The number of halogens is 1. The van der Waals surface area contributed by atoms with E-state index in [4.69, 9.17) is 4.74 Å². The number of phenolic OH excluding ortho intramolecular Hbond substituents is 1. The van der Waals surface area contributed by atoms with Crippen molar-refractivity contribution in [3.63, 3.8) is 0 Å². The normalized spacial score (nSPS) is 15.7. The molecule has 3 rings (SSSR count). The molecule has 0 aliphatic carbocycles. The van der Waals surface area contributed by atoms with Gasteiger partial charge in [0.1, 0.15) is 17.3 Å². The molecule has 1 fully saturated rings. The molecule has 4 heteroatoms. The largest absolute Gasteiger partial charge is 0.508 e. The van der Waals surface area contributed by atoms with Gasteiger partial charge in [-0.3, -0.25) is 0 Å². The number of benzene rings is 2. The average Bonchev–Trinajstić information content (AvgIpc) is 2.55. The lowest BCUT2D eigenvalue weighted by Crippen LogP contribution is -2.30. The van der Waals surface area contributed by atoms with Crippen LogP contribution in [0.4, 0.5) is 4.39 Å². The zero-order valence-corrected chi connectivity index (χ0v) is 12.4. The van der Waals surface area contributed by atoms with Crippen LogP contribution in [0.1, 0.15) is 12.8 Å². The molecule has 1 aliphatic heterocycles. The summed E-state index contributed by atoms with van der Waals surface area (Å²) in [5.41, 5.74) is 1.24. The Kier molecular flexibility index (Phi) is 4.59. The molecule has 0 aromatic heterocycles. The van der Waals surface area contributed by atoms with E-state index in [-0.39, 0.29) is 11.6 Å². The average molecular weight is 301 g/mol. The highest BCUT2D eigenvalue weighted by atomic mass is 19.1. The minimum atomic E-state index is -0.312. The Bertz CT molecular complexity index is 621. The molecule has 0 atom stereocenters. The number of phenols is 1. The van der Waals surface area contributed by atoms with E-state index in [1.807, 2.05) is 0 Å². The highest BCUT2D eigenvalue weighted by Crippen LogP contribution is 2.28. The molecule has 1 aliphatic rings. The van der Waals surface area contributed by atoms with E-state index in [0.717, 1.165) is 31.5 Å². The second kappa shape index (κ2) is 6.79. The summed E-state index contributed by atoms with van der Waals surface area (Å²) in [7, 11) is 0. The molecule has 0 bridgehead atoms. The number of hydrogen-bond donors (Lipinski definition) is 2. The Morgan fingerprint density at radius 3 is 2.50 bits per heavy atom. The van der Waals surface area contributed by atoms with Crippen molar-refractivity contribution < 1.29 is 14.2 Å². The van der Waals surface area contributed by atoms with Crippen LogP contribution in [-0.2, 0) is 0 Å². The third-order valence-corrected chi connectivity index (χ3v) is 4.06. The zero-order chi connectivity index (χ0) is 15.4. The van der Waals surface area contributed by atoms with Gasteiger partial charge in [-0.15, -0.1) is 0 Å². The molecule has 2 aromatic carbocycles. The summed E-state index contributed by atoms with van der Waals surface area (Å²) in [6.45, 7) is 2.70. The first kappa shape index (κ1) is 14.9. The predicted octanol–water partition coefficient (Wildman–Crippen LogP) is 3.58. The van der Waals surface area contributed by atoms with Gasteiger partial charge in [-0.2, -0.15) is 0 Å². The summed E-state index contributed by atoms with van der Waals surface area (Å²) < 4.78 is 20.0. The molecule has 0 amide bonds. The number of nitrogens with one attached hydrogen (secondary N) is 1. The van der Waals surface area contributed by atoms with Crippen molar-refractivity contribution in [3.8, 4) is 22.6 Å². The van der Waals surface area contributed by atoms with Gasteiger partial charge in [0.25, 0.3) is 0 Å². The lowest BCUT2D eigenvalue weighted by Gasteiger charge is -2.22. The minimum absolute atomic E-state index is 0.172. The van der Waals surface area contributed by atoms with Gasteiger partial charge in [0, 0.05) is 11.6 Å². The van der Waals surface area contributed by atoms with Crippen molar-refractivity contribution in [2.24, 2.45) is 5.92 Å². The van der Waals surface area contributed by atoms with Crippen molar-refractivity contribution >= 4 is 0 Å². The van der Waals surface area contributed by atoms with Gasteiger partial charge in [0.2, 0.25) is 0 Å². The van der Waals surface area contributed by atoms with Crippen LogP contribution in [0.5, 0.6) is 11.5 Å². The first-order valence-electron chi connectivity index (χ1n) is 7.65. The molecule has 3 nitrogen and oxygen atoms in total. The van der Waals surface area contributed by atoms with Gasteiger partial charge in [-0.05, 0) is 61.7 Å². The zero-order valence-electron chi connectivity index (χ0n) is 12.4. The fourth-order valence-electron chi connectivity index (χ4n) is 2.72. The lowest BCUT2D eigenvalue weighted by molar-refractivity contribution is 0.214. The topological polar surface area (TPSA) is 41.5 Å². The first-order valence-corrected chi connectivity index (χ1v) is 7.65. The highest BCUT2D eigenvalue weighted by Gasteiger charge is 2.14. The molecule has 0 radical (unpaired) electrons. The van der Waals surface area contributed by atoms with Gasteiger partial charge in [-0.1, -0.05) is 12.1 Å². The van der Waals surface area contributed by atoms with Crippen LogP contribution in [0.25, 0.3) is 11.1 Å². The molecule has 22 heavy (non-hydrogen) atoms. The van der Waals surface area contributed by atoms with E-state index in [1.165, 1.54) is 6.07 Å². The van der Waals surface area contributed by atoms with E-state index < -0.39 is 0 Å². The number of aromatic hydroxyl groups is 1. The van der Waals surface area contributed by atoms with E-state index >= 15 is 0 Å². The fourth-order valence-corrected chi connectivity index (χ4v) is 2.72. The quantitative estimate of drug-likeness (QED) is 0.907. The third-order valence-electron chi connectivity index (χ3n) is 4.06. The molecule has 2 aromatic rings. The van der Waals surface area contributed by atoms with E-state index in [2.05, 4.69) is 5.32 Å². The molecule has 0 spiro atoms. The van der Waals surface area contributed by atoms with E-state index in [9.17, 15) is 9.50 Å². The molecule has 0 unspecified atom stereocenters. The summed E-state index contributed by atoms with van der Waals surface area (Å²) in [6, 6.07) is 11.5. The maximum atomic E-state index is 14.2. The Hall–Kier alpha value is -2.07. The smallest absolute Gasteiger partial charge is 0.134 e. The van der Waals surface area contributed by atoms with Crippen molar-refractivity contribution in [1.29, 1.82) is 0 Å². The molecule has 116 valence electrons. The van der Waals surface area contributed by atoms with E-state index in [1.54, 1.807) is 36.4 Å². The first-order chi connectivity index (χ1) is 10.7. The van der Waals surface area contributed by atoms with E-state index in [0.29, 0.717) is 23.8 Å². The summed E-state index contributed by atoms with van der Waals surface area (Å²) >= 11 is 0. The van der Waals surface area contributed by atoms with Crippen LogP contribution in [0.2, 0.25) is 0 Å². The molecule has 0 saturated carbocycles. The monoisotopic (exact) mass is 301 g/mol. The molecular weight excluding hydrogens is 281 g/mol. The summed E-state index contributed by atoms with van der Waals surface area (Å²) in [6.07, 6.45) is 2.21. The molecule has 1 saturated heterocycles. The minimum Gasteiger partial charge on any atom is -0.508 e. The maximum Gasteiger partial charge on any atom is 0.134 e. The van der Waals surface area contributed by atoms with Gasteiger partial charge >= 0.3 is 0 Å². The number of piperidine rings is 1. The third kappa shape index (κ3) is 3.57. The van der Waals surface area contributed by atoms with Crippen LogP contribution in [0, 0.1) is 11.7 Å². The number of rotatable bonds is 4. The summed E-state index contributed by atoms with van der Waals surface area (Å²) in [4.78, 5) is 0. The van der Waals surface area contributed by atoms with Crippen LogP contribution < -0.4 is 10.1 Å². The highest BCUT2D eigenvalue weighted by molar-refractivity contribution is 5.65. The Labute approximate surface area is 129 Å². The molecular formula is C18H20FNO2. The second-order valence-corrected chi connectivity index (χ2v) is 5.69. The van der Waals surface area contributed by atoms with Gasteiger partial charge in [0.05, 0.1) is 6.61 Å². The van der Waals surface area contributed by atoms with Crippen LogP contribution in [0.3, 0.4) is 0 Å².